The molecule has 1 rings (SSSR count). The van der Waals surface area contributed by atoms with Crippen molar-refractivity contribution >= 4 is 5.97 Å². The molecule has 1 N–H and O–H groups in total. The van der Waals surface area contributed by atoms with E-state index in [1.54, 1.807) is 13.0 Å². The van der Waals surface area contributed by atoms with E-state index in [9.17, 15) is 9.90 Å². The Morgan fingerprint density at radius 3 is 2.44 bits per heavy atom. The van der Waals surface area contributed by atoms with Crippen LogP contribution in [0.15, 0.2) is 18.2 Å². The molecule has 1 atom stereocenters. The van der Waals surface area contributed by atoms with Gasteiger partial charge in [0.2, 0.25) is 0 Å². The van der Waals surface area contributed by atoms with Crippen molar-refractivity contribution in [2.75, 3.05) is 6.61 Å². The lowest BCUT2D eigenvalue weighted by Crippen LogP contribution is -2.14. The number of aromatic hydroxyl groups is 1. The van der Waals surface area contributed by atoms with Crippen LogP contribution in [0.3, 0.4) is 0 Å². The Labute approximate surface area is 109 Å². The molecule has 1 aromatic carbocycles. The summed E-state index contributed by atoms with van der Waals surface area (Å²) in [4.78, 5) is 11.8. The van der Waals surface area contributed by atoms with Gasteiger partial charge in [-0.3, -0.25) is 4.79 Å². The van der Waals surface area contributed by atoms with Crippen LogP contribution in [0.2, 0.25) is 0 Å². The molecule has 18 heavy (non-hydrogen) atoms. The highest BCUT2D eigenvalue weighted by Crippen LogP contribution is 2.33. The largest absolute Gasteiger partial charge is 0.507 e. The van der Waals surface area contributed by atoms with Crippen LogP contribution < -0.4 is 0 Å². The number of ether oxygens (including phenoxy) is 1. The second kappa shape index (κ2) is 6.43. The highest BCUT2D eigenvalue weighted by atomic mass is 16.5. The number of rotatable bonds is 5. The Morgan fingerprint density at radius 1 is 1.28 bits per heavy atom. The molecular formula is C15H22O3. The molecule has 3 nitrogen and oxygen atoms in total. The summed E-state index contributed by atoms with van der Waals surface area (Å²) < 4.78 is 5.11. The Hall–Kier alpha value is -1.51. The molecule has 3 heteroatoms. The zero-order valence-corrected chi connectivity index (χ0v) is 11.6. The van der Waals surface area contributed by atoms with Crippen molar-refractivity contribution in [3.8, 4) is 5.75 Å². The van der Waals surface area contributed by atoms with Crippen molar-refractivity contribution in [3.63, 3.8) is 0 Å². The molecule has 100 valence electrons. The van der Waals surface area contributed by atoms with Crippen LogP contribution >= 0.6 is 0 Å². The smallest absolute Gasteiger partial charge is 0.313 e. The van der Waals surface area contributed by atoms with Crippen LogP contribution in [0, 0.1) is 0 Å². The maximum Gasteiger partial charge on any atom is 0.313 e. The van der Waals surface area contributed by atoms with Gasteiger partial charge >= 0.3 is 5.97 Å². The third kappa shape index (κ3) is 3.25. The zero-order valence-electron chi connectivity index (χ0n) is 11.6. The van der Waals surface area contributed by atoms with Gasteiger partial charge in [-0.05, 0) is 24.8 Å². The van der Waals surface area contributed by atoms with E-state index in [1.807, 2.05) is 32.9 Å². The molecule has 0 bridgehead atoms. The first kappa shape index (κ1) is 14.6. The van der Waals surface area contributed by atoms with Crippen LogP contribution in [0.5, 0.6) is 5.75 Å². The minimum absolute atomic E-state index is 0.216. The van der Waals surface area contributed by atoms with E-state index in [-0.39, 0.29) is 17.6 Å². The molecule has 1 unspecified atom stereocenters. The fraction of sp³-hybridized carbons (Fsp3) is 0.533. The molecule has 0 saturated carbocycles. The molecule has 0 aliphatic rings. The number of phenolic OH excluding ortho intramolecular Hbond substituents is 1. The van der Waals surface area contributed by atoms with Crippen molar-refractivity contribution in [2.24, 2.45) is 0 Å². The second-order valence-corrected chi connectivity index (χ2v) is 4.83. The number of hydrogen-bond acceptors (Lipinski definition) is 3. The summed E-state index contributed by atoms with van der Waals surface area (Å²) in [6.07, 6.45) is 0.802. The number of carbonyl (C=O) groups excluding carboxylic acids is 1. The fourth-order valence-corrected chi connectivity index (χ4v) is 1.85. The number of esters is 1. The van der Waals surface area contributed by atoms with Crippen molar-refractivity contribution < 1.29 is 14.6 Å². The molecule has 0 aliphatic carbocycles. The van der Waals surface area contributed by atoms with Crippen molar-refractivity contribution in [2.45, 2.75) is 46.0 Å². The molecule has 1 aromatic rings. The Morgan fingerprint density at radius 2 is 1.89 bits per heavy atom. The molecule has 0 heterocycles. The van der Waals surface area contributed by atoms with E-state index in [1.165, 1.54) is 0 Å². The van der Waals surface area contributed by atoms with E-state index < -0.39 is 5.92 Å². The number of hydrogen-bond donors (Lipinski definition) is 1. The first-order valence-corrected chi connectivity index (χ1v) is 6.47. The van der Waals surface area contributed by atoms with Gasteiger partial charge in [0.15, 0.2) is 0 Å². The molecule has 0 aliphatic heterocycles. The van der Waals surface area contributed by atoms with Crippen LogP contribution in [0.4, 0.5) is 0 Å². The van der Waals surface area contributed by atoms with E-state index in [0.717, 1.165) is 12.0 Å². The van der Waals surface area contributed by atoms with Gasteiger partial charge in [-0.1, -0.05) is 39.0 Å². The number of carbonyl (C=O) groups is 1. The van der Waals surface area contributed by atoms with E-state index in [4.69, 9.17) is 4.74 Å². The van der Waals surface area contributed by atoms with Gasteiger partial charge in [-0.2, -0.15) is 0 Å². The van der Waals surface area contributed by atoms with E-state index >= 15 is 0 Å². The molecule has 0 saturated heterocycles. The third-order valence-corrected chi connectivity index (χ3v) is 2.99. The van der Waals surface area contributed by atoms with Crippen molar-refractivity contribution in [1.29, 1.82) is 0 Å². The van der Waals surface area contributed by atoms with Gasteiger partial charge in [-0.25, -0.2) is 0 Å². The van der Waals surface area contributed by atoms with Crippen LogP contribution in [0.1, 0.15) is 57.1 Å². The Balaban J connectivity index is 2.95. The average molecular weight is 250 g/mol. The molecule has 0 aromatic heterocycles. The lowest BCUT2D eigenvalue weighted by molar-refractivity contribution is -0.145. The predicted octanol–water partition coefficient (Wildman–Crippen LogP) is 3.57. The van der Waals surface area contributed by atoms with Gasteiger partial charge in [-0.15, -0.1) is 0 Å². The SMILES string of the molecule is CCCOC(=O)C(C)c1cccc(C(C)C)c1O. The maximum absolute atomic E-state index is 11.8. The number of phenols is 1. The minimum Gasteiger partial charge on any atom is -0.507 e. The first-order valence-electron chi connectivity index (χ1n) is 6.47. The summed E-state index contributed by atoms with van der Waals surface area (Å²) in [5, 5.41) is 10.2. The van der Waals surface area contributed by atoms with Gasteiger partial charge in [0.1, 0.15) is 5.75 Å². The summed E-state index contributed by atoms with van der Waals surface area (Å²) in [6.45, 7) is 8.16. The van der Waals surface area contributed by atoms with Crippen LogP contribution in [-0.2, 0) is 9.53 Å². The first-order chi connectivity index (χ1) is 8.49. The maximum atomic E-state index is 11.8. The molecule has 0 fully saturated rings. The highest BCUT2D eigenvalue weighted by Gasteiger charge is 2.21. The minimum atomic E-state index is -0.435. The topological polar surface area (TPSA) is 46.5 Å². The van der Waals surface area contributed by atoms with Gasteiger partial charge in [0.25, 0.3) is 0 Å². The van der Waals surface area contributed by atoms with Crippen molar-refractivity contribution in [1.82, 2.24) is 0 Å². The Kier molecular flexibility index (Phi) is 5.20. The number of para-hydroxylation sites is 1. The Bertz CT molecular complexity index is 410. The molecule has 0 spiro atoms. The monoisotopic (exact) mass is 250 g/mol. The van der Waals surface area contributed by atoms with Gasteiger partial charge < -0.3 is 9.84 Å². The quantitative estimate of drug-likeness (QED) is 0.812. The normalized spacial score (nSPS) is 12.5. The molecule has 0 radical (unpaired) electrons. The molecule has 0 amide bonds. The van der Waals surface area contributed by atoms with Crippen LogP contribution in [0.25, 0.3) is 0 Å². The van der Waals surface area contributed by atoms with Gasteiger partial charge in [0, 0.05) is 5.56 Å². The summed E-state index contributed by atoms with van der Waals surface area (Å²) >= 11 is 0. The van der Waals surface area contributed by atoms with Crippen molar-refractivity contribution in [3.05, 3.63) is 29.3 Å². The standard InChI is InChI=1S/C15H22O3/c1-5-9-18-15(17)11(4)13-8-6-7-12(10(2)3)14(13)16/h6-8,10-11,16H,5,9H2,1-4H3. The summed E-state index contributed by atoms with van der Waals surface area (Å²) in [7, 11) is 0. The second-order valence-electron chi connectivity index (χ2n) is 4.83. The lowest BCUT2D eigenvalue weighted by atomic mass is 9.93. The summed E-state index contributed by atoms with van der Waals surface area (Å²) in [5.74, 6) is -0.277. The zero-order chi connectivity index (χ0) is 13.7. The average Bonchev–Trinajstić information content (AvgIpc) is 2.35. The molecular weight excluding hydrogens is 228 g/mol. The fourth-order valence-electron chi connectivity index (χ4n) is 1.85. The third-order valence-electron chi connectivity index (χ3n) is 2.99. The lowest BCUT2D eigenvalue weighted by Gasteiger charge is -2.16. The van der Waals surface area contributed by atoms with Gasteiger partial charge in [0.05, 0.1) is 12.5 Å². The highest BCUT2D eigenvalue weighted by molar-refractivity contribution is 5.79. The summed E-state index contributed by atoms with van der Waals surface area (Å²) in [5.41, 5.74) is 1.50. The van der Waals surface area contributed by atoms with E-state index in [0.29, 0.717) is 12.2 Å². The van der Waals surface area contributed by atoms with E-state index in [2.05, 4.69) is 0 Å². The summed E-state index contributed by atoms with van der Waals surface area (Å²) in [6, 6.07) is 5.53. The number of benzene rings is 1. The predicted molar refractivity (Wildman–Crippen MR) is 71.9 cm³/mol. The van der Waals surface area contributed by atoms with Crippen LogP contribution in [-0.4, -0.2) is 17.7 Å².